The summed E-state index contributed by atoms with van der Waals surface area (Å²) in [5.74, 6) is 1.72. The van der Waals surface area contributed by atoms with Crippen molar-refractivity contribution in [3.63, 3.8) is 0 Å². The molecule has 0 radical (unpaired) electrons. The minimum atomic E-state index is -0.920. The number of carbonyl (C=O) groups excluding carboxylic acids is 2. The molecular weight excluding hydrogens is 678 g/mol. The molecule has 0 spiro atoms. The van der Waals surface area contributed by atoms with Crippen LogP contribution in [-0.4, -0.2) is 67.3 Å². The summed E-state index contributed by atoms with van der Waals surface area (Å²) in [6.07, 6.45) is -0.361. The van der Waals surface area contributed by atoms with E-state index < -0.39 is 12.3 Å². The molecule has 3 heterocycles. The maximum Gasteiger partial charge on any atom is 0.258 e. The van der Waals surface area contributed by atoms with Gasteiger partial charge < -0.3 is 34.0 Å². The highest BCUT2D eigenvalue weighted by atomic mass is 35.5. The number of fused-ring (bicyclic) bond motifs is 6. The SMILES string of the molecule is CCOc1cc2c(c3ccccc13)[C@H](CCl)CN2C(=O)c1ccc(COc2cc3c(cc2OC)C(=O)N2Cc4ccccc4C[C@H]2C(O)N3C)cc1. The Morgan fingerprint density at radius 2 is 1.60 bits per heavy atom. The fourth-order valence-corrected chi connectivity index (χ4v) is 8.19. The second-order valence-corrected chi connectivity index (χ2v) is 13.9. The molecule has 0 aliphatic carbocycles. The Morgan fingerprint density at radius 3 is 2.33 bits per heavy atom. The maximum absolute atomic E-state index is 14.0. The highest BCUT2D eigenvalue weighted by Gasteiger charge is 2.41. The number of amides is 2. The lowest BCUT2D eigenvalue weighted by molar-refractivity contribution is 0.0326. The Bertz CT molecular complexity index is 2190. The van der Waals surface area contributed by atoms with Gasteiger partial charge in [-0.05, 0) is 59.2 Å². The number of benzene rings is 5. The van der Waals surface area contributed by atoms with E-state index >= 15 is 0 Å². The van der Waals surface area contributed by atoms with Crippen molar-refractivity contribution >= 4 is 45.6 Å². The van der Waals surface area contributed by atoms with E-state index in [4.69, 9.17) is 25.8 Å². The zero-order valence-electron chi connectivity index (χ0n) is 29.3. The van der Waals surface area contributed by atoms with E-state index in [1.165, 1.54) is 0 Å². The van der Waals surface area contributed by atoms with Crippen LogP contribution in [0.15, 0.2) is 91.0 Å². The number of likely N-dealkylation sites (N-methyl/N-ethyl adjacent to an activating group) is 1. The van der Waals surface area contributed by atoms with Gasteiger partial charge in [0.15, 0.2) is 11.5 Å². The summed E-state index contributed by atoms with van der Waals surface area (Å²) in [6.45, 7) is 3.57. The number of carbonyl (C=O) groups is 2. The summed E-state index contributed by atoms with van der Waals surface area (Å²) in [5, 5.41) is 13.6. The average molecular weight is 718 g/mol. The van der Waals surface area contributed by atoms with Crippen molar-refractivity contribution in [2.24, 2.45) is 0 Å². The van der Waals surface area contributed by atoms with Crippen LogP contribution in [0.3, 0.4) is 0 Å². The van der Waals surface area contributed by atoms with Crippen molar-refractivity contribution in [3.05, 3.63) is 124 Å². The molecule has 10 heteroatoms. The van der Waals surface area contributed by atoms with Crippen LogP contribution >= 0.6 is 11.6 Å². The molecule has 9 nitrogen and oxygen atoms in total. The molecule has 5 aromatic rings. The lowest BCUT2D eigenvalue weighted by atomic mass is 9.93. The first-order chi connectivity index (χ1) is 25.3. The number of hydrogen-bond acceptors (Lipinski definition) is 7. The number of nitrogens with zero attached hydrogens (tertiary/aromatic N) is 3. The lowest BCUT2D eigenvalue weighted by Gasteiger charge is -2.39. The normalized spacial score (nSPS) is 19.1. The minimum Gasteiger partial charge on any atom is -0.493 e. The van der Waals surface area contributed by atoms with Crippen LogP contribution in [0.1, 0.15) is 55.8 Å². The number of anilines is 2. The third kappa shape index (κ3) is 5.68. The molecule has 0 aromatic heterocycles. The van der Waals surface area contributed by atoms with Gasteiger partial charge in [0, 0.05) is 55.0 Å². The molecule has 52 heavy (non-hydrogen) atoms. The van der Waals surface area contributed by atoms with E-state index in [-0.39, 0.29) is 24.3 Å². The number of ether oxygens (including phenoxy) is 3. The molecule has 2 amide bonds. The predicted octanol–water partition coefficient (Wildman–Crippen LogP) is 7.14. The Kier molecular flexibility index (Phi) is 8.93. The molecule has 3 atom stereocenters. The summed E-state index contributed by atoms with van der Waals surface area (Å²) < 4.78 is 18.0. The zero-order chi connectivity index (χ0) is 36.1. The second-order valence-electron chi connectivity index (χ2n) is 13.6. The lowest BCUT2D eigenvalue weighted by Crippen LogP contribution is -2.53. The summed E-state index contributed by atoms with van der Waals surface area (Å²) in [4.78, 5) is 33.3. The van der Waals surface area contributed by atoms with Crippen LogP contribution in [-0.2, 0) is 19.6 Å². The van der Waals surface area contributed by atoms with Crippen molar-refractivity contribution in [2.75, 3.05) is 43.0 Å². The smallest absolute Gasteiger partial charge is 0.258 e. The number of rotatable bonds is 8. The molecule has 0 saturated heterocycles. The first kappa shape index (κ1) is 33.9. The molecular formula is C42H40ClN3O6. The molecule has 266 valence electrons. The number of hydrogen-bond donors (Lipinski definition) is 1. The van der Waals surface area contributed by atoms with Gasteiger partial charge >= 0.3 is 0 Å². The number of halogens is 1. The Labute approximate surface area is 307 Å². The van der Waals surface area contributed by atoms with Gasteiger partial charge in [-0.15, -0.1) is 11.6 Å². The van der Waals surface area contributed by atoms with E-state index in [1.54, 1.807) is 41.0 Å². The van der Waals surface area contributed by atoms with Gasteiger partial charge in [-0.2, -0.15) is 0 Å². The van der Waals surface area contributed by atoms with E-state index in [0.29, 0.717) is 60.3 Å². The number of methoxy groups -OCH3 is 1. The first-order valence-electron chi connectivity index (χ1n) is 17.6. The third-order valence-electron chi connectivity index (χ3n) is 10.6. The Balaban J connectivity index is 1.02. The van der Waals surface area contributed by atoms with Crippen molar-refractivity contribution in [1.29, 1.82) is 0 Å². The molecule has 5 aromatic carbocycles. The van der Waals surface area contributed by atoms with Crippen molar-refractivity contribution in [3.8, 4) is 17.2 Å². The number of aliphatic hydroxyl groups is 1. The van der Waals surface area contributed by atoms with E-state index in [9.17, 15) is 14.7 Å². The first-order valence-corrected chi connectivity index (χ1v) is 18.1. The predicted molar refractivity (Wildman–Crippen MR) is 202 cm³/mol. The maximum atomic E-state index is 14.0. The van der Waals surface area contributed by atoms with E-state index in [1.807, 2.05) is 73.7 Å². The highest BCUT2D eigenvalue weighted by Crippen LogP contribution is 2.46. The van der Waals surface area contributed by atoms with Crippen LogP contribution in [0, 0.1) is 0 Å². The van der Waals surface area contributed by atoms with Gasteiger partial charge in [-0.25, -0.2) is 0 Å². The van der Waals surface area contributed by atoms with Gasteiger partial charge in [0.2, 0.25) is 0 Å². The second kappa shape index (κ2) is 13.7. The molecule has 8 rings (SSSR count). The van der Waals surface area contributed by atoms with Crippen LogP contribution in [0.5, 0.6) is 17.2 Å². The average Bonchev–Trinajstić information content (AvgIpc) is 3.54. The van der Waals surface area contributed by atoms with Crippen LogP contribution in [0.25, 0.3) is 10.8 Å². The molecule has 0 fully saturated rings. The minimum absolute atomic E-state index is 0.00208. The third-order valence-corrected chi connectivity index (χ3v) is 11.0. The van der Waals surface area contributed by atoms with Crippen molar-refractivity contribution < 1.29 is 28.9 Å². The van der Waals surface area contributed by atoms with Gasteiger partial charge in [-0.1, -0.05) is 60.7 Å². The van der Waals surface area contributed by atoms with Gasteiger partial charge in [0.25, 0.3) is 11.8 Å². The van der Waals surface area contributed by atoms with Crippen LogP contribution < -0.4 is 24.0 Å². The summed E-state index contributed by atoms with van der Waals surface area (Å²) in [5.41, 5.74) is 6.52. The van der Waals surface area contributed by atoms with Crippen LogP contribution in [0.2, 0.25) is 0 Å². The fourth-order valence-electron chi connectivity index (χ4n) is 7.94. The van der Waals surface area contributed by atoms with Gasteiger partial charge in [-0.3, -0.25) is 9.59 Å². The molecule has 1 N–H and O–H groups in total. The monoisotopic (exact) mass is 717 g/mol. The topological polar surface area (TPSA) is 91.8 Å². The summed E-state index contributed by atoms with van der Waals surface area (Å²) >= 11 is 6.47. The Morgan fingerprint density at radius 1 is 0.885 bits per heavy atom. The molecule has 0 saturated carbocycles. The van der Waals surface area contributed by atoms with Crippen molar-refractivity contribution in [2.45, 2.75) is 44.7 Å². The van der Waals surface area contributed by atoms with Gasteiger partial charge in [0.1, 0.15) is 18.6 Å². The van der Waals surface area contributed by atoms with Crippen molar-refractivity contribution in [1.82, 2.24) is 4.90 Å². The quantitative estimate of drug-likeness (QED) is 0.171. The molecule has 3 aliphatic heterocycles. The number of aliphatic hydroxyl groups excluding tert-OH is 1. The van der Waals surface area contributed by atoms with Crippen LogP contribution in [0.4, 0.5) is 11.4 Å². The molecule has 3 aliphatic rings. The van der Waals surface area contributed by atoms with E-state index in [0.717, 1.165) is 44.5 Å². The summed E-state index contributed by atoms with van der Waals surface area (Å²) in [6, 6.07) is 28.5. The zero-order valence-corrected chi connectivity index (χ0v) is 30.1. The Hall–Kier alpha value is -5.25. The summed E-state index contributed by atoms with van der Waals surface area (Å²) in [7, 11) is 3.33. The largest absolute Gasteiger partial charge is 0.493 e. The van der Waals surface area contributed by atoms with Gasteiger partial charge in [0.05, 0.1) is 36.7 Å². The standard InChI is InChI=1S/C42H40ClN3O6/c1-4-51-36-20-34-39(31-12-8-7-11-30(31)36)29(21-43)23-45(34)40(47)26-15-13-25(14-16-26)24-52-38-19-33-32(18-37(38)50-3)41(48)46-22-28-10-6-5-9-27(28)17-35(46)42(49)44(33)2/h5-16,18-20,29,35,42,49H,4,17,21-24H2,1-3H3/t29-,35+,42?/m1/s1. The van der Waals surface area contributed by atoms with E-state index in [2.05, 4.69) is 12.1 Å². The molecule has 1 unspecified atom stereocenters. The fraction of sp³-hybridized carbons (Fsp3) is 0.286. The highest BCUT2D eigenvalue weighted by molar-refractivity contribution is 6.19. The number of alkyl halides is 1. The molecule has 0 bridgehead atoms.